The molecule has 4 nitrogen and oxygen atoms in total. The van der Waals surface area contributed by atoms with Crippen LogP contribution in [-0.2, 0) is 18.3 Å². The Labute approximate surface area is 95.8 Å². The first-order valence-electron chi connectivity index (χ1n) is 5.63. The molecule has 0 N–H and O–H groups in total. The maximum Gasteiger partial charge on any atom is 0.176 e. The first kappa shape index (κ1) is 11.4. The number of ether oxygens (including phenoxy) is 1. The summed E-state index contributed by atoms with van der Waals surface area (Å²) in [5, 5.41) is 0. The van der Waals surface area contributed by atoms with Gasteiger partial charge in [-0.05, 0) is 11.6 Å². The average molecular weight is 222 g/mol. The maximum atomic E-state index is 11.3. The highest BCUT2D eigenvalue weighted by Gasteiger charge is 2.13. The van der Waals surface area contributed by atoms with Gasteiger partial charge in [0.25, 0.3) is 0 Å². The third-order valence-electron chi connectivity index (χ3n) is 2.93. The minimum atomic E-state index is 0.121. The molecule has 0 bridgehead atoms. The van der Waals surface area contributed by atoms with Gasteiger partial charge in [0, 0.05) is 39.8 Å². The number of morpholine rings is 1. The van der Waals surface area contributed by atoms with E-state index < -0.39 is 0 Å². The molecule has 0 amide bonds. The lowest BCUT2D eigenvalue weighted by Crippen LogP contribution is -2.35. The van der Waals surface area contributed by atoms with Crippen LogP contribution in [0.3, 0.4) is 0 Å². The number of aromatic nitrogens is 1. The molecule has 1 aliphatic rings. The highest BCUT2D eigenvalue weighted by molar-refractivity contribution is 5.92. The second-order valence-electron chi connectivity index (χ2n) is 4.29. The van der Waals surface area contributed by atoms with Crippen LogP contribution in [0.15, 0.2) is 12.3 Å². The second kappa shape index (κ2) is 4.80. The Balaban J connectivity index is 2.03. The number of aryl methyl sites for hydroxylation is 1. The van der Waals surface area contributed by atoms with Crippen molar-refractivity contribution in [2.24, 2.45) is 7.05 Å². The van der Waals surface area contributed by atoms with Gasteiger partial charge in [0.15, 0.2) is 5.78 Å². The highest BCUT2D eigenvalue weighted by atomic mass is 16.5. The minimum absolute atomic E-state index is 0.121. The van der Waals surface area contributed by atoms with Crippen LogP contribution in [0.1, 0.15) is 23.0 Å². The molecular formula is C12H18N2O2. The lowest BCUT2D eigenvalue weighted by Gasteiger charge is -2.26. The van der Waals surface area contributed by atoms with E-state index >= 15 is 0 Å². The first-order chi connectivity index (χ1) is 7.66. The summed E-state index contributed by atoms with van der Waals surface area (Å²) in [6.45, 7) is 6.09. The van der Waals surface area contributed by atoms with Gasteiger partial charge in [-0.3, -0.25) is 9.69 Å². The quantitative estimate of drug-likeness (QED) is 0.717. The van der Waals surface area contributed by atoms with Crippen LogP contribution in [0.2, 0.25) is 0 Å². The summed E-state index contributed by atoms with van der Waals surface area (Å²) >= 11 is 0. The monoisotopic (exact) mass is 222 g/mol. The van der Waals surface area contributed by atoms with Gasteiger partial charge in [-0.2, -0.15) is 0 Å². The van der Waals surface area contributed by atoms with Gasteiger partial charge in [0.1, 0.15) is 0 Å². The van der Waals surface area contributed by atoms with Crippen LogP contribution in [0.4, 0.5) is 0 Å². The van der Waals surface area contributed by atoms with Gasteiger partial charge in [0.05, 0.1) is 18.9 Å². The Bertz CT molecular complexity index is 378. The molecule has 1 fully saturated rings. The molecule has 2 heterocycles. The number of hydrogen-bond donors (Lipinski definition) is 0. The number of rotatable bonds is 3. The molecule has 2 rings (SSSR count). The van der Waals surface area contributed by atoms with E-state index in [1.165, 1.54) is 5.56 Å². The predicted molar refractivity (Wildman–Crippen MR) is 61.5 cm³/mol. The fourth-order valence-electron chi connectivity index (χ4n) is 2.09. The zero-order valence-corrected chi connectivity index (χ0v) is 9.90. The van der Waals surface area contributed by atoms with Crippen molar-refractivity contribution in [3.63, 3.8) is 0 Å². The lowest BCUT2D eigenvalue weighted by atomic mass is 10.2. The van der Waals surface area contributed by atoms with Crippen molar-refractivity contribution >= 4 is 5.78 Å². The van der Waals surface area contributed by atoms with Crippen molar-refractivity contribution in [2.75, 3.05) is 26.3 Å². The summed E-state index contributed by atoms with van der Waals surface area (Å²) < 4.78 is 7.20. The van der Waals surface area contributed by atoms with E-state index in [4.69, 9.17) is 4.74 Å². The van der Waals surface area contributed by atoms with Gasteiger partial charge in [0.2, 0.25) is 0 Å². The Kier molecular flexibility index (Phi) is 3.41. The van der Waals surface area contributed by atoms with Crippen molar-refractivity contribution in [3.05, 3.63) is 23.5 Å². The third-order valence-corrected chi connectivity index (χ3v) is 2.93. The lowest BCUT2D eigenvalue weighted by molar-refractivity contribution is 0.0342. The maximum absolute atomic E-state index is 11.3. The SMILES string of the molecule is CC(=O)c1cc(CN2CCOCC2)cn1C. The highest BCUT2D eigenvalue weighted by Crippen LogP contribution is 2.11. The summed E-state index contributed by atoms with van der Waals surface area (Å²) in [4.78, 5) is 13.7. The number of ketones is 1. The molecule has 1 saturated heterocycles. The van der Waals surface area contributed by atoms with E-state index in [1.54, 1.807) is 6.92 Å². The molecule has 4 heteroatoms. The van der Waals surface area contributed by atoms with Gasteiger partial charge in [-0.25, -0.2) is 0 Å². The smallest absolute Gasteiger partial charge is 0.176 e. The summed E-state index contributed by atoms with van der Waals surface area (Å²) in [5.74, 6) is 0.121. The first-order valence-corrected chi connectivity index (χ1v) is 5.63. The summed E-state index contributed by atoms with van der Waals surface area (Å²) in [7, 11) is 1.92. The van der Waals surface area contributed by atoms with Gasteiger partial charge in [-0.1, -0.05) is 0 Å². The normalized spacial score (nSPS) is 17.6. The zero-order valence-electron chi connectivity index (χ0n) is 9.90. The molecule has 1 aromatic heterocycles. The van der Waals surface area contributed by atoms with E-state index in [9.17, 15) is 4.79 Å². The van der Waals surface area contributed by atoms with Crippen LogP contribution in [0, 0.1) is 0 Å². The van der Waals surface area contributed by atoms with Crippen molar-refractivity contribution in [2.45, 2.75) is 13.5 Å². The third kappa shape index (κ3) is 2.51. The van der Waals surface area contributed by atoms with Crippen LogP contribution in [0.25, 0.3) is 0 Å². The second-order valence-corrected chi connectivity index (χ2v) is 4.29. The summed E-state index contributed by atoms with van der Waals surface area (Å²) in [5.41, 5.74) is 1.98. The molecule has 1 aliphatic heterocycles. The van der Waals surface area contributed by atoms with Crippen molar-refractivity contribution in [1.29, 1.82) is 0 Å². The number of carbonyl (C=O) groups is 1. The largest absolute Gasteiger partial charge is 0.379 e. The number of hydrogen-bond acceptors (Lipinski definition) is 3. The van der Waals surface area contributed by atoms with E-state index in [1.807, 2.05) is 23.9 Å². The molecule has 0 spiro atoms. The van der Waals surface area contributed by atoms with Crippen LogP contribution < -0.4 is 0 Å². The van der Waals surface area contributed by atoms with E-state index in [0.717, 1.165) is 38.5 Å². The molecule has 0 aliphatic carbocycles. The number of Topliss-reactive ketones (excluding diaryl/α,β-unsaturated/α-hetero) is 1. The van der Waals surface area contributed by atoms with Gasteiger partial charge in [-0.15, -0.1) is 0 Å². The molecule has 1 aromatic rings. The molecule has 0 unspecified atom stereocenters. The average Bonchev–Trinajstić information content (AvgIpc) is 2.61. The Hall–Kier alpha value is -1.13. The Morgan fingerprint density at radius 1 is 1.44 bits per heavy atom. The van der Waals surface area contributed by atoms with E-state index in [0.29, 0.717) is 0 Å². The summed E-state index contributed by atoms with van der Waals surface area (Å²) in [6.07, 6.45) is 2.03. The van der Waals surface area contributed by atoms with Gasteiger partial charge < -0.3 is 9.30 Å². The van der Waals surface area contributed by atoms with Crippen molar-refractivity contribution in [1.82, 2.24) is 9.47 Å². The van der Waals surface area contributed by atoms with E-state index in [-0.39, 0.29) is 5.78 Å². The number of carbonyl (C=O) groups excluding carboxylic acids is 1. The summed E-state index contributed by atoms with van der Waals surface area (Å²) in [6, 6.07) is 1.98. The molecule has 16 heavy (non-hydrogen) atoms. The standard InChI is InChI=1S/C12H18N2O2/c1-10(15)12-7-11(8-13(12)2)9-14-3-5-16-6-4-14/h7-8H,3-6,9H2,1-2H3. The molecule has 0 saturated carbocycles. The van der Waals surface area contributed by atoms with Crippen molar-refractivity contribution in [3.8, 4) is 0 Å². The van der Waals surface area contributed by atoms with Gasteiger partial charge >= 0.3 is 0 Å². The predicted octanol–water partition coefficient (Wildman–Crippen LogP) is 1.06. The molecule has 0 aromatic carbocycles. The Morgan fingerprint density at radius 3 is 2.69 bits per heavy atom. The zero-order chi connectivity index (χ0) is 11.5. The van der Waals surface area contributed by atoms with Crippen LogP contribution in [-0.4, -0.2) is 41.6 Å². The topological polar surface area (TPSA) is 34.5 Å². The minimum Gasteiger partial charge on any atom is -0.379 e. The fourth-order valence-corrected chi connectivity index (χ4v) is 2.09. The van der Waals surface area contributed by atoms with Crippen molar-refractivity contribution < 1.29 is 9.53 Å². The fraction of sp³-hybridized carbons (Fsp3) is 0.583. The molecular weight excluding hydrogens is 204 g/mol. The van der Waals surface area contributed by atoms with Crippen LogP contribution >= 0.6 is 0 Å². The molecule has 88 valence electrons. The van der Waals surface area contributed by atoms with E-state index in [2.05, 4.69) is 4.90 Å². The molecule has 0 radical (unpaired) electrons. The molecule has 0 atom stereocenters. The number of nitrogens with zero attached hydrogens (tertiary/aromatic N) is 2. The Morgan fingerprint density at radius 2 is 2.12 bits per heavy atom. The van der Waals surface area contributed by atoms with Crippen LogP contribution in [0.5, 0.6) is 0 Å².